The van der Waals surface area contributed by atoms with Gasteiger partial charge in [-0.1, -0.05) is 89.5 Å². The molecular weight excluding hydrogens is 304 g/mol. The topological polar surface area (TPSA) is 74.6 Å². The summed E-state index contributed by atoms with van der Waals surface area (Å²) in [5, 5.41) is 20.0. The Morgan fingerprint density at radius 2 is 1.08 bits per heavy atom. The summed E-state index contributed by atoms with van der Waals surface area (Å²) < 4.78 is 0. The lowest BCUT2D eigenvalue weighted by Gasteiger charge is -2.43. The molecule has 0 radical (unpaired) electrons. The number of unbranched alkanes of at least 4 members (excludes halogenated alkanes) is 6. The summed E-state index contributed by atoms with van der Waals surface area (Å²) in [6, 6.07) is 0. The Morgan fingerprint density at radius 3 is 1.38 bits per heavy atom. The Labute approximate surface area is 145 Å². The molecule has 0 aromatic rings. The Kier molecular flexibility index (Phi) is 8.23. The molecule has 4 nitrogen and oxygen atoms in total. The first kappa shape index (κ1) is 20.5. The van der Waals surface area contributed by atoms with Crippen molar-refractivity contribution in [2.45, 2.75) is 78.1 Å². The van der Waals surface area contributed by atoms with Crippen LogP contribution in [0, 0.1) is 10.8 Å². The molecule has 2 atom stereocenters. The zero-order valence-corrected chi connectivity index (χ0v) is 15.1. The first-order valence-corrected chi connectivity index (χ1v) is 9.30. The molecule has 0 aromatic carbocycles. The second-order valence-corrected chi connectivity index (χ2v) is 6.89. The molecule has 2 unspecified atom stereocenters. The van der Waals surface area contributed by atoms with Gasteiger partial charge >= 0.3 is 11.9 Å². The van der Waals surface area contributed by atoms with Crippen molar-refractivity contribution in [2.24, 2.45) is 10.8 Å². The van der Waals surface area contributed by atoms with Gasteiger partial charge < -0.3 is 10.2 Å². The summed E-state index contributed by atoms with van der Waals surface area (Å²) in [6.07, 6.45) is 15.0. The number of aliphatic carboxylic acids is 2. The zero-order chi connectivity index (χ0) is 18.1. The molecule has 0 saturated carbocycles. The van der Waals surface area contributed by atoms with Crippen molar-refractivity contribution in [2.75, 3.05) is 0 Å². The van der Waals surface area contributed by atoms with Crippen LogP contribution in [-0.4, -0.2) is 22.2 Å². The van der Waals surface area contributed by atoms with Gasteiger partial charge in [-0.2, -0.15) is 0 Å². The van der Waals surface area contributed by atoms with Crippen LogP contribution < -0.4 is 0 Å². The van der Waals surface area contributed by atoms with Crippen molar-refractivity contribution in [1.29, 1.82) is 0 Å². The maximum atomic E-state index is 12.2. The van der Waals surface area contributed by atoms with E-state index in [0.29, 0.717) is 12.8 Å². The third-order valence-corrected chi connectivity index (χ3v) is 5.28. The van der Waals surface area contributed by atoms with E-state index in [0.717, 1.165) is 51.4 Å². The minimum Gasteiger partial charge on any atom is -0.481 e. The first-order chi connectivity index (χ1) is 11.5. The van der Waals surface area contributed by atoms with E-state index in [1.807, 2.05) is 0 Å². The van der Waals surface area contributed by atoms with E-state index in [9.17, 15) is 19.8 Å². The summed E-state index contributed by atoms with van der Waals surface area (Å²) >= 11 is 0. The molecule has 1 aliphatic rings. The van der Waals surface area contributed by atoms with E-state index < -0.39 is 22.8 Å². The smallest absolute Gasteiger partial charge is 0.315 e. The zero-order valence-electron chi connectivity index (χ0n) is 15.1. The Morgan fingerprint density at radius 1 is 0.708 bits per heavy atom. The summed E-state index contributed by atoms with van der Waals surface area (Å²) in [7, 11) is 0. The van der Waals surface area contributed by atoms with Crippen LogP contribution in [0.5, 0.6) is 0 Å². The second kappa shape index (κ2) is 9.65. The van der Waals surface area contributed by atoms with Crippen molar-refractivity contribution in [1.82, 2.24) is 0 Å². The molecule has 24 heavy (non-hydrogen) atoms. The summed E-state index contributed by atoms with van der Waals surface area (Å²) in [5.74, 6) is -2.03. The van der Waals surface area contributed by atoms with Crippen molar-refractivity contribution in [3.05, 3.63) is 24.3 Å². The number of carboxylic acids is 2. The predicted octanol–water partition coefficient (Wildman–Crippen LogP) is 5.20. The minimum absolute atomic E-state index is 0.378. The lowest BCUT2D eigenvalue weighted by molar-refractivity contribution is -0.167. The van der Waals surface area contributed by atoms with Crippen LogP contribution in [0.3, 0.4) is 0 Å². The van der Waals surface area contributed by atoms with Crippen LogP contribution in [0.4, 0.5) is 0 Å². The van der Waals surface area contributed by atoms with Crippen LogP contribution in [0.25, 0.3) is 0 Å². The highest BCUT2D eigenvalue weighted by atomic mass is 16.4. The monoisotopic (exact) mass is 336 g/mol. The Hall–Kier alpha value is -1.58. The predicted molar refractivity (Wildman–Crippen MR) is 95.9 cm³/mol. The average molecular weight is 336 g/mol. The van der Waals surface area contributed by atoms with E-state index in [-0.39, 0.29) is 0 Å². The Bertz CT molecular complexity index is 436. The van der Waals surface area contributed by atoms with Crippen LogP contribution in [0.15, 0.2) is 24.3 Å². The van der Waals surface area contributed by atoms with Gasteiger partial charge in [-0.15, -0.1) is 0 Å². The third-order valence-electron chi connectivity index (χ3n) is 5.28. The maximum Gasteiger partial charge on any atom is 0.315 e. The van der Waals surface area contributed by atoms with Gasteiger partial charge in [-0.3, -0.25) is 9.59 Å². The molecule has 1 rings (SSSR count). The fourth-order valence-electron chi connectivity index (χ4n) is 3.75. The number of allylic oxidation sites excluding steroid dienone is 2. The average Bonchev–Trinajstić information content (AvgIpc) is 2.56. The van der Waals surface area contributed by atoms with Gasteiger partial charge in [0, 0.05) is 0 Å². The molecule has 4 heteroatoms. The summed E-state index contributed by atoms with van der Waals surface area (Å²) in [4.78, 5) is 24.4. The molecule has 2 N–H and O–H groups in total. The molecule has 0 heterocycles. The maximum absolute atomic E-state index is 12.2. The standard InChI is InChI=1S/C20H32O4/c1-3-5-7-9-13-19(17(21)22)15-11-12-16-20(19,18(23)24)14-10-8-6-4-2/h11-12,15-16H,3-10,13-14H2,1-2H3,(H,21,22)(H,23,24). The Balaban J connectivity index is 3.08. The van der Waals surface area contributed by atoms with Crippen LogP contribution in [0.2, 0.25) is 0 Å². The van der Waals surface area contributed by atoms with Crippen molar-refractivity contribution >= 4 is 11.9 Å². The van der Waals surface area contributed by atoms with Gasteiger partial charge in [0.1, 0.15) is 10.8 Å². The number of hydrogen-bond acceptors (Lipinski definition) is 2. The molecule has 136 valence electrons. The summed E-state index contributed by atoms with van der Waals surface area (Å²) in [6.45, 7) is 4.21. The highest BCUT2D eigenvalue weighted by molar-refractivity contribution is 5.90. The third kappa shape index (κ3) is 4.28. The molecule has 0 saturated heterocycles. The normalized spacial score (nSPS) is 25.8. The van der Waals surface area contributed by atoms with E-state index in [2.05, 4.69) is 13.8 Å². The minimum atomic E-state index is -1.34. The first-order valence-electron chi connectivity index (χ1n) is 9.30. The highest BCUT2D eigenvalue weighted by Gasteiger charge is 2.58. The SMILES string of the molecule is CCCCCCC1(C(=O)O)C=CC=CC1(CCCCCC)C(=O)O. The van der Waals surface area contributed by atoms with Crippen molar-refractivity contribution < 1.29 is 19.8 Å². The molecule has 1 aliphatic carbocycles. The van der Waals surface area contributed by atoms with Crippen LogP contribution >= 0.6 is 0 Å². The quantitative estimate of drug-likeness (QED) is 0.481. The van der Waals surface area contributed by atoms with Crippen molar-refractivity contribution in [3.63, 3.8) is 0 Å². The van der Waals surface area contributed by atoms with E-state index in [1.54, 1.807) is 24.3 Å². The van der Waals surface area contributed by atoms with E-state index in [1.165, 1.54) is 0 Å². The van der Waals surface area contributed by atoms with Gasteiger partial charge in [-0.05, 0) is 12.8 Å². The fourth-order valence-corrected chi connectivity index (χ4v) is 3.75. The van der Waals surface area contributed by atoms with Gasteiger partial charge in [-0.25, -0.2) is 0 Å². The van der Waals surface area contributed by atoms with Crippen molar-refractivity contribution in [3.8, 4) is 0 Å². The number of hydrogen-bond donors (Lipinski definition) is 2. The van der Waals surface area contributed by atoms with E-state index >= 15 is 0 Å². The number of carboxylic acid groups (broad SMARTS) is 2. The molecule has 0 aromatic heterocycles. The van der Waals surface area contributed by atoms with Gasteiger partial charge in [0.2, 0.25) is 0 Å². The lowest BCUT2D eigenvalue weighted by atomic mass is 9.57. The molecule has 0 bridgehead atoms. The van der Waals surface area contributed by atoms with Gasteiger partial charge in [0.25, 0.3) is 0 Å². The highest BCUT2D eigenvalue weighted by Crippen LogP contribution is 2.52. The lowest BCUT2D eigenvalue weighted by Crippen LogP contribution is -2.51. The molecule has 0 amide bonds. The number of carbonyl (C=O) groups is 2. The molecule has 0 aliphatic heterocycles. The van der Waals surface area contributed by atoms with Crippen LogP contribution in [0.1, 0.15) is 78.1 Å². The van der Waals surface area contributed by atoms with E-state index in [4.69, 9.17) is 0 Å². The molecule has 0 fully saturated rings. The van der Waals surface area contributed by atoms with Crippen LogP contribution in [-0.2, 0) is 9.59 Å². The molecule has 0 spiro atoms. The fraction of sp³-hybridized carbons (Fsp3) is 0.700. The van der Waals surface area contributed by atoms with Gasteiger partial charge in [0.05, 0.1) is 0 Å². The van der Waals surface area contributed by atoms with Gasteiger partial charge in [0.15, 0.2) is 0 Å². The number of rotatable bonds is 12. The molecular formula is C20H32O4. The second-order valence-electron chi connectivity index (χ2n) is 6.89. The largest absolute Gasteiger partial charge is 0.481 e. The summed E-state index contributed by atoms with van der Waals surface area (Å²) in [5.41, 5.74) is -2.68.